The lowest BCUT2D eigenvalue weighted by Gasteiger charge is -2.17. The van der Waals surface area contributed by atoms with Gasteiger partial charge in [-0.25, -0.2) is 19.3 Å². The Kier molecular flexibility index (Phi) is 3.68. The van der Waals surface area contributed by atoms with Crippen LogP contribution in [-0.4, -0.2) is 31.6 Å². The Bertz CT molecular complexity index is 778. The van der Waals surface area contributed by atoms with Gasteiger partial charge in [0.2, 0.25) is 0 Å². The lowest BCUT2D eigenvalue weighted by Crippen LogP contribution is -2.16. The van der Waals surface area contributed by atoms with Crippen molar-refractivity contribution in [2.24, 2.45) is 0 Å². The van der Waals surface area contributed by atoms with E-state index in [4.69, 9.17) is 11.6 Å². The minimum atomic E-state index is -0.538. The second-order valence-electron chi connectivity index (χ2n) is 4.38. The molecule has 0 radical (unpaired) electrons. The number of nitrogens with one attached hydrogen (secondary N) is 2. The van der Waals surface area contributed by atoms with Crippen molar-refractivity contribution in [3.8, 4) is 0 Å². The van der Waals surface area contributed by atoms with Gasteiger partial charge in [-0.2, -0.15) is 0 Å². The third kappa shape index (κ3) is 2.65. The highest BCUT2D eigenvalue weighted by Crippen LogP contribution is 2.24. The zero-order valence-corrected chi connectivity index (χ0v) is 11.5. The van der Waals surface area contributed by atoms with Gasteiger partial charge in [-0.3, -0.25) is 0 Å². The van der Waals surface area contributed by atoms with Crippen LogP contribution in [0, 0.1) is 5.82 Å². The van der Waals surface area contributed by atoms with E-state index in [2.05, 4.69) is 25.3 Å². The van der Waals surface area contributed by atoms with Gasteiger partial charge >= 0.3 is 0 Å². The minimum Gasteiger partial charge on any atom is -0.394 e. The largest absolute Gasteiger partial charge is 0.394 e. The monoisotopic (exact) mass is 307 g/mol. The number of hydrogen-bond donors (Lipinski definition) is 3. The molecule has 0 bridgehead atoms. The first-order valence-electron chi connectivity index (χ1n) is 6.15. The van der Waals surface area contributed by atoms with Crippen molar-refractivity contribution in [3.63, 3.8) is 0 Å². The molecule has 2 heterocycles. The van der Waals surface area contributed by atoms with Crippen LogP contribution in [-0.2, 0) is 0 Å². The molecular weight excluding hydrogens is 297 g/mol. The normalized spacial score (nSPS) is 12.5. The zero-order valence-electron chi connectivity index (χ0n) is 10.7. The number of aliphatic hydroxyl groups is 1. The van der Waals surface area contributed by atoms with Gasteiger partial charge in [0.05, 0.1) is 24.0 Å². The molecule has 0 aliphatic carbocycles. The molecule has 3 aromatic rings. The summed E-state index contributed by atoms with van der Waals surface area (Å²) in [5.74, 6) is -0.0595. The predicted molar refractivity (Wildman–Crippen MR) is 76.5 cm³/mol. The summed E-state index contributed by atoms with van der Waals surface area (Å²) in [4.78, 5) is 15.0. The first-order valence-corrected chi connectivity index (χ1v) is 6.53. The van der Waals surface area contributed by atoms with Crippen molar-refractivity contribution in [3.05, 3.63) is 47.3 Å². The molecule has 2 aromatic heterocycles. The van der Waals surface area contributed by atoms with Crippen molar-refractivity contribution in [1.82, 2.24) is 19.9 Å². The Morgan fingerprint density at radius 2 is 2.19 bits per heavy atom. The Hall–Kier alpha value is -2.25. The Morgan fingerprint density at radius 3 is 2.95 bits per heavy atom. The van der Waals surface area contributed by atoms with Crippen LogP contribution >= 0.6 is 11.6 Å². The molecule has 0 spiro atoms. The van der Waals surface area contributed by atoms with Crippen LogP contribution in [0.1, 0.15) is 11.6 Å². The fraction of sp³-hybridized carbons (Fsp3) is 0.154. The maximum absolute atomic E-state index is 13.5. The van der Waals surface area contributed by atoms with Crippen molar-refractivity contribution < 1.29 is 9.50 Å². The number of anilines is 1. The number of aromatic amines is 1. The third-order valence-electron chi connectivity index (χ3n) is 3.06. The number of hydrogen-bond acceptors (Lipinski definition) is 5. The van der Waals surface area contributed by atoms with Crippen LogP contribution in [0.2, 0.25) is 5.02 Å². The van der Waals surface area contributed by atoms with Gasteiger partial charge in [0, 0.05) is 0 Å². The van der Waals surface area contributed by atoms with E-state index in [1.165, 1.54) is 24.8 Å². The Morgan fingerprint density at radius 1 is 1.33 bits per heavy atom. The molecular formula is C13H11ClFN5O. The van der Waals surface area contributed by atoms with E-state index in [9.17, 15) is 9.50 Å². The van der Waals surface area contributed by atoms with E-state index >= 15 is 0 Å². The first kappa shape index (κ1) is 13.7. The minimum absolute atomic E-state index is 0.0356. The number of aromatic nitrogens is 4. The maximum atomic E-state index is 13.5. The van der Waals surface area contributed by atoms with Gasteiger partial charge in [-0.15, -0.1) is 0 Å². The summed E-state index contributed by atoms with van der Waals surface area (Å²) in [5, 5.41) is 12.6. The number of nitrogens with zero attached hydrogens (tertiary/aromatic N) is 3. The molecule has 108 valence electrons. The smallest absolute Gasteiger partial charge is 0.182 e. The summed E-state index contributed by atoms with van der Waals surface area (Å²) in [7, 11) is 0. The Labute approximate surface area is 124 Å². The van der Waals surface area contributed by atoms with Crippen molar-refractivity contribution >= 4 is 28.6 Å². The van der Waals surface area contributed by atoms with Gasteiger partial charge in [0.15, 0.2) is 11.5 Å². The van der Waals surface area contributed by atoms with Crippen molar-refractivity contribution in [2.75, 3.05) is 11.9 Å². The topological polar surface area (TPSA) is 86.7 Å². The summed E-state index contributed by atoms with van der Waals surface area (Å²) in [6.07, 6.45) is 2.86. The summed E-state index contributed by atoms with van der Waals surface area (Å²) >= 11 is 5.66. The van der Waals surface area contributed by atoms with Crippen LogP contribution in [0.5, 0.6) is 0 Å². The summed E-state index contributed by atoms with van der Waals surface area (Å²) in [5.41, 5.74) is 1.68. The molecule has 0 amide bonds. The van der Waals surface area contributed by atoms with Gasteiger partial charge in [0.25, 0.3) is 0 Å². The maximum Gasteiger partial charge on any atom is 0.182 e. The highest BCUT2D eigenvalue weighted by molar-refractivity contribution is 6.30. The second kappa shape index (κ2) is 5.63. The Balaban J connectivity index is 1.93. The van der Waals surface area contributed by atoms with E-state index in [1.54, 1.807) is 6.07 Å². The number of fused-ring (bicyclic) bond motifs is 1. The van der Waals surface area contributed by atoms with Crippen molar-refractivity contribution in [1.29, 1.82) is 0 Å². The van der Waals surface area contributed by atoms with E-state index < -0.39 is 11.9 Å². The average Bonchev–Trinajstić information content (AvgIpc) is 2.97. The number of rotatable bonds is 4. The molecule has 0 saturated heterocycles. The van der Waals surface area contributed by atoms with Gasteiger partial charge < -0.3 is 15.4 Å². The fourth-order valence-electron chi connectivity index (χ4n) is 2.00. The lowest BCUT2D eigenvalue weighted by molar-refractivity contribution is 0.276. The second-order valence-corrected chi connectivity index (χ2v) is 4.78. The molecule has 3 N–H and O–H groups in total. The molecule has 0 aliphatic rings. The van der Waals surface area contributed by atoms with Crippen LogP contribution in [0.3, 0.4) is 0 Å². The molecule has 1 atom stereocenters. The highest BCUT2D eigenvalue weighted by atomic mass is 35.5. The molecule has 0 unspecified atom stereocenters. The van der Waals surface area contributed by atoms with E-state index in [0.29, 0.717) is 22.5 Å². The van der Waals surface area contributed by atoms with Crippen molar-refractivity contribution in [2.45, 2.75) is 6.04 Å². The molecule has 0 aliphatic heterocycles. The molecule has 0 saturated carbocycles. The van der Waals surface area contributed by atoms with E-state index in [-0.39, 0.29) is 11.6 Å². The molecule has 3 rings (SSSR count). The SMILES string of the molecule is OC[C@@H](Nc1ncnc2nc[nH]c12)c1ccc(Cl)c(F)c1. The fourth-order valence-corrected chi connectivity index (χ4v) is 2.12. The average molecular weight is 308 g/mol. The molecule has 1 aromatic carbocycles. The van der Waals surface area contributed by atoms with Crippen LogP contribution in [0.25, 0.3) is 11.2 Å². The highest BCUT2D eigenvalue weighted by Gasteiger charge is 2.15. The molecule has 8 heteroatoms. The number of benzene rings is 1. The standard InChI is InChI=1S/C13H11ClFN5O/c14-8-2-1-7(3-9(8)15)10(4-21)20-13-11-12(17-5-16-11)18-6-19-13/h1-3,5-6,10,21H,4H2,(H2,16,17,18,19,20)/t10-/m1/s1. The summed E-state index contributed by atoms with van der Waals surface area (Å²) < 4.78 is 13.5. The summed E-state index contributed by atoms with van der Waals surface area (Å²) in [6, 6.07) is 3.84. The van der Waals surface area contributed by atoms with Gasteiger partial charge in [0.1, 0.15) is 17.7 Å². The van der Waals surface area contributed by atoms with Crippen LogP contribution in [0.4, 0.5) is 10.2 Å². The van der Waals surface area contributed by atoms with E-state index in [0.717, 1.165) is 0 Å². The number of aliphatic hydroxyl groups excluding tert-OH is 1. The molecule has 21 heavy (non-hydrogen) atoms. The van der Waals surface area contributed by atoms with Gasteiger partial charge in [-0.1, -0.05) is 17.7 Å². The molecule has 0 fully saturated rings. The first-order chi connectivity index (χ1) is 10.2. The number of halogens is 2. The zero-order chi connectivity index (χ0) is 14.8. The van der Waals surface area contributed by atoms with Gasteiger partial charge in [-0.05, 0) is 17.7 Å². The number of imidazole rings is 1. The van der Waals surface area contributed by atoms with Crippen LogP contribution < -0.4 is 5.32 Å². The quantitative estimate of drug-likeness (QED) is 0.688. The summed E-state index contributed by atoms with van der Waals surface area (Å²) in [6.45, 7) is -0.235. The van der Waals surface area contributed by atoms with Crippen LogP contribution in [0.15, 0.2) is 30.9 Å². The third-order valence-corrected chi connectivity index (χ3v) is 3.37. The number of H-pyrrole nitrogens is 1. The van der Waals surface area contributed by atoms with E-state index in [1.807, 2.05) is 0 Å². The lowest BCUT2D eigenvalue weighted by atomic mass is 10.1. The molecule has 6 nitrogen and oxygen atoms in total. The predicted octanol–water partition coefficient (Wildman–Crippen LogP) is 2.29.